The van der Waals surface area contributed by atoms with E-state index in [4.69, 9.17) is 5.73 Å². The molecule has 0 saturated heterocycles. The van der Waals surface area contributed by atoms with Crippen LogP contribution in [0.5, 0.6) is 0 Å². The minimum atomic E-state index is 0.459. The molecule has 2 aliphatic rings. The first kappa shape index (κ1) is 11.1. The molecular weight excluding hydrogens is 206 g/mol. The molecule has 2 rings (SSSR count). The summed E-state index contributed by atoms with van der Waals surface area (Å²) < 4.78 is 0. The second kappa shape index (κ2) is 5.10. The highest BCUT2D eigenvalue weighted by molar-refractivity contribution is 7.99. The van der Waals surface area contributed by atoms with Gasteiger partial charge < -0.3 is 11.1 Å². The molecule has 2 saturated carbocycles. The Labute approximate surface area is 96.3 Å². The Morgan fingerprint density at radius 3 is 2.87 bits per heavy atom. The van der Waals surface area contributed by atoms with Crippen molar-refractivity contribution in [3.8, 4) is 0 Å². The molecule has 2 atom stereocenters. The summed E-state index contributed by atoms with van der Waals surface area (Å²) in [5.41, 5.74) is 5.88. The Hall–Kier alpha value is -0.380. The summed E-state index contributed by atoms with van der Waals surface area (Å²) in [7, 11) is 0. The van der Waals surface area contributed by atoms with Crippen molar-refractivity contribution in [3.05, 3.63) is 0 Å². The summed E-state index contributed by atoms with van der Waals surface area (Å²) in [4.78, 5) is 4.62. The van der Waals surface area contributed by atoms with Gasteiger partial charge in [-0.05, 0) is 31.4 Å². The van der Waals surface area contributed by atoms with Crippen molar-refractivity contribution in [2.75, 3.05) is 5.75 Å². The maximum atomic E-state index is 5.88. The van der Waals surface area contributed by atoms with Crippen LogP contribution in [0.1, 0.15) is 39.0 Å². The zero-order valence-corrected chi connectivity index (χ0v) is 10.2. The molecule has 0 aromatic carbocycles. The summed E-state index contributed by atoms with van der Waals surface area (Å²) in [6.07, 6.45) is 6.35. The lowest BCUT2D eigenvalue weighted by molar-refractivity contribution is 0.706. The minimum Gasteiger partial charge on any atom is -0.370 e. The summed E-state index contributed by atoms with van der Waals surface area (Å²) >= 11 is 2.03. The third kappa shape index (κ3) is 3.30. The highest BCUT2D eigenvalue weighted by atomic mass is 32.2. The highest BCUT2D eigenvalue weighted by Gasteiger charge is 2.28. The molecule has 0 aliphatic heterocycles. The SMILES string of the molecule is CCSC1CCCC1N=C(N)NC1CC1. The van der Waals surface area contributed by atoms with E-state index in [0.717, 1.165) is 0 Å². The Kier molecular flexibility index (Phi) is 3.78. The quantitative estimate of drug-likeness (QED) is 0.568. The maximum absolute atomic E-state index is 5.88. The van der Waals surface area contributed by atoms with Crippen LogP contribution in [0.15, 0.2) is 4.99 Å². The molecule has 3 nitrogen and oxygen atoms in total. The largest absolute Gasteiger partial charge is 0.370 e. The van der Waals surface area contributed by atoms with Gasteiger partial charge in [0.05, 0.1) is 6.04 Å². The van der Waals surface area contributed by atoms with Gasteiger partial charge >= 0.3 is 0 Å². The van der Waals surface area contributed by atoms with Gasteiger partial charge in [0.2, 0.25) is 0 Å². The number of hydrogen-bond acceptors (Lipinski definition) is 2. The van der Waals surface area contributed by atoms with Gasteiger partial charge in [-0.2, -0.15) is 11.8 Å². The molecule has 0 heterocycles. The van der Waals surface area contributed by atoms with Crippen molar-refractivity contribution in [3.63, 3.8) is 0 Å². The Morgan fingerprint density at radius 1 is 1.40 bits per heavy atom. The number of nitrogens with zero attached hydrogens (tertiary/aromatic N) is 1. The van der Waals surface area contributed by atoms with Gasteiger partial charge in [0.1, 0.15) is 0 Å². The lowest BCUT2D eigenvalue weighted by atomic mass is 10.3. The molecule has 0 amide bonds. The van der Waals surface area contributed by atoms with Crippen LogP contribution in [0.2, 0.25) is 0 Å². The first-order chi connectivity index (χ1) is 7.29. The van der Waals surface area contributed by atoms with Crippen LogP contribution in [0.25, 0.3) is 0 Å². The Morgan fingerprint density at radius 2 is 2.20 bits per heavy atom. The average molecular weight is 227 g/mol. The molecule has 2 unspecified atom stereocenters. The summed E-state index contributed by atoms with van der Waals surface area (Å²) in [6.45, 7) is 2.22. The van der Waals surface area contributed by atoms with Crippen LogP contribution in [-0.4, -0.2) is 29.0 Å². The van der Waals surface area contributed by atoms with E-state index in [1.54, 1.807) is 0 Å². The summed E-state index contributed by atoms with van der Waals surface area (Å²) in [6, 6.07) is 1.08. The number of aliphatic imine (C=N–C) groups is 1. The summed E-state index contributed by atoms with van der Waals surface area (Å²) in [5, 5.41) is 3.97. The topological polar surface area (TPSA) is 50.4 Å². The maximum Gasteiger partial charge on any atom is 0.189 e. The van der Waals surface area contributed by atoms with Crippen molar-refractivity contribution in [2.24, 2.45) is 10.7 Å². The Bertz CT molecular complexity index is 238. The number of hydrogen-bond donors (Lipinski definition) is 2. The molecule has 0 aromatic rings. The van der Waals surface area contributed by atoms with E-state index in [9.17, 15) is 0 Å². The molecule has 2 fully saturated rings. The second-order valence-corrected chi connectivity index (χ2v) is 5.94. The molecule has 0 bridgehead atoms. The van der Waals surface area contributed by atoms with Gasteiger partial charge in [-0.1, -0.05) is 13.3 Å². The number of nitrogens with one attached hydrogen (secondary N) is 1. The second-order valence-electron chi connectivity index (χ2n) is 4.42. The van der Waals surface area contributed by atoms with Crippen molar-refractivity contribution in [2.45, 2.75) is 56.4 Å². The summed E-state index contributed by atoms with van der Waals surface area (Å²) in [5.74, 6) is 1.86. The molecule has 2 aliphatic carbocycles. The van der Waals surface area contributed by atoms with Crippen LogP contribution in [0, 0.1) is 0 Å². The van der Waals surface area contributed by atoms with Gasteiger partial charge in [0.15, 0.2) is 5.96 Å². The van der Waals surface area contributed by atoms with Gasteiger partial charge in [-0.15, -0.1) is 0 Å². The first-order valence-electron chi connectivity index (χ1n) is 6.01. The van der Waals surface area contributed by atoms with Crippen LogP contribution in [-0.2, 0) is 0 Å². The fraction of sp³-hybridized carbons (Fsp3) is 0.909. The standard InChI is InChI=1S/C11H21N3S/c1-2-15-10-5-3-4-9(10)14-11(12)13-8-6-7-8/h8-10H,2-7H2,1H3,(H3,12,13,14). The fourth-order valence-corrected chi connectivity index (χ4v) is 3.30. The van der Waals surface area contributed by atoms with E-state index < -0.39 is 0 Å². The average Bonchev–Trinajstić information content (AvgIpc) is 2.90. The molecular formula is C11H21N3S. The Balaban J connectivity index is 1.84. The molecule has 0 spiro atoms. The van der Waals surface area contributed by atoms with Crippen molar-refractivity contribution in [1.82, 2.24) is 5.32 Å². The van der Waals surface area contributed by atoms with Crippen molar-refractivity contribution in [1.29, 1.82) is 0 Å². The van der Waals surface area contributed by atoms with Crippen LogP contribution < -0.4 is 11.1 Å². The normalized spacial score (nSPS) is 31.9. The van der Waals surface area contributed by atoms with E-state index in [-0.39, 0.29) is 0 Å². The third-order valence-electron chi connectivity index (χ3n) is 3.03. The predicted molar refractivity (Wildman–Crippen MR) is 67.3 cm³/mol. The number of rotatable bonds is 4. The molecule has 15 heavy (non-hydrogen) atoms. The number of guanidine groups is 1. The fourth-order valence-electron chi connectivity index (χ4n) is 2.12. The van der Waals surface area contributed by atoms with Crippen LogP contribution >= 0.6 is 11.8 Å². The van der Waals surface area contributed by atoms with Gasteiger partial charge in [-0.25, -0.2) is 4.99 Å². The lowest BCUT2D eigenvalue weighted by Crippen LogP contribution is -2.35. The smallest absolute Gasteiger partial charge is 0.189 e. The monoisotopic (exact) mass is 227 g/mol. The van der Waals surface area contributed by atoms with Crippen LogP contribution in [0.3, 0.4) is 0 Å². The zero-order valence-electron chi connectivity index (χ0n) is 9.41. The van der Waals surface area contributed by atoms with Crippen molar-refractivity contribution >= 4 is 17.7 Å². The van der Waals surface area contributed by atoms with Crippen molar-refractivity contribution < 1.29 is 0 Å². The predicted octanol–water partition coefficient (Wildman–Crippen LogP) is 1.73. The van der Waals surface area contributed by atoms with E-state index >= 15 is 0 Å². The highest BCUT2D eigenvalue weighted by Crippen LogP contribution is 2.32. The van der Waals surface area contributed by atoms with E-state index in [1.807, 2.05) is 11.8 Å². The first-order valence-corrected chi connectivity index (χ1v) is 7.06. The minimum absolute atomic E-state index is 0.459. The third-order valence-corrected chi connectivity index (χ3v) is 4.34. The van der Waals surface area contributed by atoms with Crippen LogP contribution in [0.4, 0.5) is 0 Å². The molecule has 0 aromatic heterocycles. The van der Waals surface area contributed by atoms with Gasteiger partial charge in [0.25, 0.3) is 0 Å². The lowest BCUT2D eigenvalue weighted by Gasteiger charge is -2.15. The van der Waals surface area contributed by atoms with Gasteiger partial charge in [-0.3, -0.25) is 0 Å². The number of nitrogens with two attached hydrogens (primary N) is 1. The van der Waals surface area contributed by atoms with E-state index in [1.165, 1.54) is 37.9 Å². The van der Waals surface area contributed by atoms with Gasteiger partial charge in [0, 0.05) is 11.3 Å². The molecule has 4 heteroatoms. The molecule has 0 radical (unpaired) electrons. The zero-order chi connectivity index (χ0) is 10.7. The number of thioether (sulfide) groups is 1. The van der Waals surface area contributed by atoms with E-state index in [2.05, 4.69) is 17.2 Å². The van der Waals surface area contributed by atoms with E-state index in [0.29, 0.717) is 23.3 Å². The molecule has 86 valence electrons. The molecule has 3 N–H and O–H groups in total.